The molecule has 0 aliphatic carbocycles. The summed E-state index contributed by atoms with van der Waals surface area (Å²) < 4.78 is 5.69. The Bertz CT molecular complexity index is 524. The first-order valence-electron chi connectivity index (χ1n) is 6.75. The Labute approximate surface area is 118 Å². The number of aromatic nitrogens is 2. The lowest BCUT2D eigenvalue weighted by Gasteiger charge is -2.18. The van der Waals surface area contributed by atoms with E-state index in [0.29, 0.717) is 25.4 Å². The molecule has 0 spiro atoms. The molecule has 1 atom stereocenters. The molecule has 1 aliphatic heterocycles. The number of rotatable bonds is 4. The van der Waals surface area contributed by atoms with Gasteiger partial charge in [-0.05, 0) is 5.92 Å². The van der Waals surface area contributed by atoms with Crippen molar-refractivity contribution in [1.82, 2.24) is 14.9 Å². The zero-order valence-electron chi connectivity index (χ0n) is 11.7. The summed E-state index contributed by atoms with van der Waals surface area (Å²) in [6.45, 7) is 5.30. The van der Waals surface area contributed by atoms with E-state index in [0.717, 1.165) is 6.42 Å². The summed E-state index contributed by atoms with van der Waals surface area (Å²) in [7, 11) is 0. The van der Waals surface area contributed by atoms with E-state index in [4.69, 9.17) is 10.00 Å². The molecule has 2 rings (SSSR count). The number of ether oxygens (including phenoxy) is 1. The summed E-state index contributed by atoms with van der Waals surface area (Å²) in [5.74, 6) is 0.761. The van der Waals surface area contributed by atoms with E-state index in [1.807, 2.05) is 24.8 Å². The first-order chi connectivity index (χ1) is 9.60. The third kappa shape index (κ3) is 3.44. The highest BCUT2D eigenvalue weighted by atomic mass is 16.5. The molecule has 1 amide bonds. The van der Waals surface area contributed by atoms with Crippen molar-refractivity contribution in [3.63, 3.8) is 0 Å². The van der Waals surface area contributed by atoms with Crippen LogP contribution in [-0.4, -0.2) is 40.0 Å². The number of likely N-dealkylation sites (tertiary alicyclic amines) is 1. The number of hydrogen-bond acceptors (Lipinski definition) is 5. The van der Waals surface area contributed by atoms with Gasteiger partial charge in [-0.1, -0.05) is 13.8 Å². The van der Waals surface area contributed by atoms with E-state index in [1.54, 1.807) is 0 Å². The molecule has 20 heavy (non-hydrogen) atoms. The van der Waals surface area contributed by atoms with Crippen LogP contribution in [0.25, 0.3) is 0 Å². The van der Waals surface area contributed by atoms with Crippen LogP contribution in [0.2, 0.25) is 0 Å². The van der Waals surface area contributed by atoms with E-state index in [-0.39, 0.29) is 23.6 Å². The lowest BCUT2D eigenvalue weighted by molar-refractivity contribution is -0.131. The fourth-order valence-electron chi connectivity index (χ4n) is 2.18. The highest BCUT2D eigenvalue weighted by Crippen LogP contribution is 2.19. The van der Waals surface area contributed by atoms with Gasteiger partial charge in [0.25, 0.3) is 5.88 Å². The summed E-state index contributed by atoms with van der Waals surface area (Å²) in [6.07, 6.45) is 4.15. The van der Waals surface area contributed by atoms with Crippen LogP contribution in [0.15, 0.2) is 12.4 Å². The van der Waals surface area contributed by atoms with Gasteiger partial charge in [0.1, 0.15) is 12.2 Å². The minimum atomic E-state index is -0.116. The van der Waals surface area contributed by atoms with Crippen LogP contribution < -0.4 is 4.74 Å². The quantitative estimate of drug-likeness (QED) is 0.828. The van der Waals surface area contributed by atoms with E-state index >= 15 is 0 Å². The minimum absolute atomic E-state index is 0.116. The molecule has 1 unspecified atom stereocenters. The molecule has 1 saturated heterocycles. The Kier molecular flexibility index (Phi) is 4.51. The normalized spacial score (nSPS) is 18.1. The fourth-order valence-corrected chi connectivity index (χ4v) is 2.18. The molecule has 0 N–H and O–H groups in total. The van der Waals surface area contributed by atoms with Crippen LogP contribution in [-0.2, 0) is 4.79 Å². The minimum Gasteiger partial charge on any atom is -0.470 e. The Morgan fingerprint density at radius 3 is 3.00 bits per heavy atom. The van der Waals surface area contributed by atoms with Crippen molar-refractivity contribution in [1.29, 1.82) is 5.26 Å². The Hall–Kier alpha value is -2.16. The van der Waals surface area contributed by atoms with Gasteiger partial charge >= 0.3 is 0 Å². The highest BCUT2D eigenvalue weighted by Gasteiger charge is 2.28. The van der Waals surface area contributed by atoms with Crippen molar-refractivity contribution in [2.45, 2.75) is 32.8 Å². The smallest absolute Gasteiger partial charge is 0.251 e. The van der Waals surface area contributed by atoms with Gasteiger partial charge in [-0.2, -0.15) is 5.26 Å². The Morgan fingerprint density at radius 2 is 2.30 bits per heavy atom. The molecular formula is C14H18N4O2. The first kappa shape index (κ1) is 14.3. The zero-order chi connectivity index (χ0) is 14.5. The van der Waals surface area contributed by atoms with Crippen molar-refractivity contribution >= 4 is 5.91 Å². The van der Waals surface area contributed by atoms with Gasteiger partial charge in [-0.15, -0.1) is 0 Å². The summed E-state index contributed by atoms with van der Waals surface area (Å²) in [4.78, 5) is 21.7. The van der Waals surface area contributed by atoms with Crippen molar-refractivity contribution < 1.29 is 9.53 Å². The predicted octanol–water partition coefficient (Wildman–Crippen LogP) is 1.37. The van der Waals surface area contributed by atoms with Crippen LogP contribution in [0.3, 0.4) is 0 Å². The van der Waals surface area contributed by atoms with Crippen molar-refractivity contribution in [2.75, 3.05) is 13.1 Å². The number of carbonyl (C=O) groups excluding carboxylic acids is 1. The third-order valence-electron chi connectivity index (χ3n) is 3.13. The molecule has 0 aromatic carbocycles. The molecule has 0 bridgehead atoms. The molecule has 0 radical (unpaired) electrons. The first-order valence-corrected chi connectivity index (χ1v) is 6.75. The van der Waals surface area contributed by atoms with Crippen molar-refractivity contribution in [2.24, 2.45) is 5.92 Å². The number of nitrogens with zero attached hydrogens (tertiary/aromatic N) is 4. The second kappa shape index (κ2) is 6.33. The van der Waals surface area contributed by atoms with Crippen LogP contribution in [0.4, 0.5) is 0 Å². The average molecular weight is 274 g/mol. The highest BCUT2D eigenvalue weighted by molar-refractivity contribution is 5.76. The molecular weight excluding hydrogens is 256 g/mol. The van der Waals surface area contributed by atoms with Gasteiger partial charge < -0.3 is 9.64 Å². The molecule has 0 saturated carbocycles. The van der Waals surface area contributed by atoms with E-state index < -0.39 is 0 Å². The number of nitriles is 1. The number of hydrogen-bond donors (Lipinski definition) is 0. The van der Waals surface area contributed by atoms with Gasteiger partial charge in [0.15, 0.2) is 0 Å². The molecule has 2 heterocycles. The summed E-state index contributed by atoms with van der Waals surface area (Å²) in [6, 6.07) is 1.95. The largest absolute Gasteiger partial charge is 0.470 e. The summed E-state index contributed by atoms with van der Waals surface area (Å²) in [5.41, 5.74) is 0.180. The van der Waals surface area contributed by atoms with Crippen LogP contribution in [0, 0.1) is 17.2 Å². The second-order valence-corrected chi connectivity index (χ2v) is 5.29. The average Bonchev–Trinajstić information content (AvgIpc) is 2.87. The molecule has 6 nitrogen and oxygen atoms in total. The van der Waals surface area contributed by atoms with Gasteiger partial charge in [0.2, 0.25) is 11.6 Å². The van der Waals surface area contributed by atoms with E-state index in [9.17, 15) is 4.79 Å². The van der Waals surface area contributed by atoms with Crippen molar-refractivity contribution in [3.05, 3.63) is 18.1 Å². The number of carbonyl (C=O) groups is 1. The number of amides is 1. The van der Waals surface area contributed by atoms with Gasteiger partial charge in [0.05, 0.1) is 6.54 Å². The maximum Gasteiger partial charge on any atom is 0.251 e. The van der Waals surface area contributed by atoms with Crippen LogP contribution in [0.1, 0.15) is 32.4 Å². The van der Waals surface area contributed by atoms with Crippen LogP contribution in [0.5, 0.6) is 5.88 Å². The van der Waals surface area contributed by atoms with Crippen LogP contribution >= 0.6 is 0 Å². The van der Waals surface area contributed by atoms with E-state index in [2.05, 4.69) is 9.97 Å². The third-order valence-corrected chi connectivity index (χ3v) is 3.13. The Morgan fingerprint density at radius 1 is 1.55 bits per heavy atom. The topological polar surface area (TPSA) is 79.1 Å². The molecule has 6 heteroatoms. The summed E-state index contributed by atoms with van der Waals surface area (Å²) >= 11 is 0. The Balaban J connectivity index is 1.94. The second-order valence-electron chi connectivity index (χ2n) is 5.29. The lowest BCUT2D eigenvalue weighted by Crippen LogP contribution is -2.31. The monoisotopic (exact) mass is 274 g/mol. The summed E-state index contributed by atoms with van der Waals surface area (Å²) in [5, 5.41) is 8.93. The zero-order valence-corrected chi connectivity index (χ0v) is 11.7. The van der Waals surface area contributed by atoms with E-state index in [1.165, 1.54) is 12.4 Å². The maximum absolute atomic E-state index is 12.0. The van der Waals surface area contributed by atoms with Gasteiger partial charge in [0, 0.05) is 31.8 Å². The van der Waals surface area contributed by atoms with Gasteiger partial charge in [-0.25, -0.2) is 9.97 Å². The lowest BCUT2D eigenvalue weighted by atomic mass is 10.1. The molecule has 1 fully saturated rings. The molecule has 1 aliphatic rings. The SMILES string of the molecule is CC(C)CC(=O)N1CCC(Oc2nccnc2C#N)C1. The van der Waals surface area contributed by atoms with Gasteiger partial charge in [-0.3, -0.25) is 4.79 Å². The molecule has 1 aromatic rings. The predicted molar refractivity (Wildman–Crippen MR) is 71.8 cm³/mol. The molecule has 1 aromatic heterocycles. The molecule has 106 valence electrons. The van der Waals surface area contributed by atoms with Crippen molar-refractivity contribution in [3.8, 4) is 11.9 Å². The standard InChI is InChI=1S/C14H18N4O2/c1-10(2)7-13(19)18-6-3-11(9-18)20-14-12(8-15)16-4-5-17-14/h4-5,10-11H,3,6-7,9H2,1-2H3. The maximum atomic E-state index is 12.0. The fraction of sp³-hybridized carbons (Fsp3) is 0.571.